The summed E-state index contributed by atoms with van der Waals surface area (Å²) in [6, 6.07) is 0.585. The van der Waals surface area contributed by atoms with E-state index in [2.05, 4.69) is 43.5 Å². The first-order valence-corrected chi connectivity index (χ1v) is 6.78. The third-order valence-electron chi connectivity index (χ3n) is 3.11. The first kappa shape index (κ1) is 12.3. The van der Waals surface area contributed by atoms with Gasteiger partial charge >= 0.3 is 0 Å². The zero-order valence-electron chi connectivity index (χ0n) is 9.60. The molecular formula is C11H18IN3O. The number of hydrogen-bond donors (Lipinski definition) is 0. The van der Waals surface area contributed by atoms with E-state index < -0.39 is 0 Å². The van der Waals surface area contributed by atoms with Gasteiger partial charge in [-0.2, -0.15) is 5.10 Å². The average Bonchev–Trinajstić information content (AvgIpc) is 2.74. The Hall–Kier alpha value is -0.140. The van der Waals surface area contributed by atoms with Gasteiger partial charge in [-0.15, -0.1) is 0 Å². The molecule has 0 amide bonds. The van der Waals surface area contributed by atoms with Crippen molar-refractivity contribution < 1.29 is 4.74 Å². The molecule has 0 aliphatic carbocycles. The maximum absolute atomic E-state index is 5.10. The fourth-order valence-corrected chi connectivity index (χ4v) is 2.55. The molecule has 1 aliphatic rings. The Morgan fingerprint density at radius 1 is 1.50 bits per heavy atom. The number of nitrogens with zero attached hydrogens (tertiary/aromatic N) is 3. The minimum absolute atomic E-state index is 0.585. The lowest BCUT2D eigenvalue weighted by atomic mass is 10.1. The topological polar surface area (TPSA) is 30.3 Å². The van der Waals surface area contributed by atoms with Gasteiger partial charge in [0.2, 0.25) is 0 Å². The molecule has 2 rings (SSSR count). The molecule has 0 saturated carbocycles. The molecule has 0 unspecified atom stereocenters. The van der Waals surface area contributed by atoms with Crippen molar-refractivity contribution in [2.45, 2.75) is 18.9 Å². The van der Waals surface area contributed by atoms with E-state index in [4.69, 9.17) is 4.74 Å². The van der Waals surface area contributed by atoms with Crippen molar-refractivity contribution in [3.8, 4) is 0 Å². The molecule has 1 aromatic heterocycles. The highest BCUT2D eigenvalue weighted by molar-refractivity contribution is 14.1. The predicted octanol–water partition coefficient (Wildman–Crippen LogP) is 1.77. The van der Waals surface area contributed by atoms with Crippen LogP contribution in [0.1, 0.15) is 18.9 Å². The molecule has 0 N–H and O–H groups in total. The highest BCUT2D eigenvalue weighted by Crippen LogP contribution is 2.22. The zero-order chi connectivity index (χ0) is 11.4. The van der Waals surface area contributed by atoms with Gasteiger partial charge in [-0.05, 0) is 35.4 Å². The normalized spacial score (nSPS) is 19.1. The van der Waals surface area contributed by atoms with Gasteiger partial charge in [0.15, 0.2) is 0 Å². The largest absolute Gasteiger partial charge is 0.383 e. The summed E-state index contributed by atoms with van der Waals surface area (Å²) in [5.41, 5.74) is 0. The second-order valence-electron chi connectivity index (χ2n) is 4.20. The van der Waals surface area contributed by atoms with Crippen molar-refractivity contribution >= 4 is 22.6 Å². The van der Waals surface area contributed by atoms with Gasteiger partial charge in [0.1, 0.15) is 0 Å². The van der Waals surface area contributed by atoms with Gasteiger partial charge in [0, 0.05) is 32.9 Å². The van der Waals surface area contributed by atoms with E-state index in [9.17, 15) is 0 Å². The van der Waals surface area contributed by atoms with Crippen molar-refractivity contribution in [3.63, 3.8) is 0 Å². The SMILES string of the molecule is COCCN1CCC(n2cc(I)cn2)CC1. The maximum atomic E-state index is 5.10. The van der Waals surface area contributed by atoms with Crippen LogP contribution in [0.4, 0.5) is 0 Å². The predicted molar refractivity (Wildman–Crippen MR) is 71.5 cm³/mol. The summed E-state index contributed by atoms with van der Waals surface area (Å²) in [6.45, 7) is 4.21. The Labute approximate surface area is 110 Å². The van der Waals surface area contributed by atoms with Crippen LogP contribution in [0.15, 0.2) is 12.4 Å². The number of piperidine rings is 1. The van der Waals surface area contributed by atoms with Crippen LogP contribution in [-0.2, 0) is 4.74 Å². The summed E-state index contributed by atoms with van der Waals surface area (Å²) in [4.78, 5) is 2.47. The number of hydrogen-bond acceptors (Lipinski definition) is 3. The molecule has 5 heteroatoms. The monoisotopic (exact) mass is 335 g/mol. The molecular weight excluding hydrogens is 317 g/mol. The molecule has 1 aromatic rings. The Balaban J connectivity index is 1.81. The fraction of sp³-hybridized carbons (Fsp3) is 0.727. The molecule has 1 aliphatic heterocycles. The smallest absolute Gasteiger partial charge is 0.0623 e. The van der Waals surface area contributed by atoms with E-state index >= 15 is 0 Å². The quantitative estimate of drug-likeness (QED) is 0.786. The van der Waals surface area contributed by atoms with E-state index in [1.165, 1.54) is 16.4 Å². The van der Waals surface area contributed by atoms with Crippen LogP contribution in [0.2, 0.25) is 0 Å². The molecule has 0 aromatic carbocycles. The Bertz CT molecular complexity index is 321. The van der Waals surface area contributed by atoms with E-state index in [0.717, 1.165) is 26.2 Å². The van der Waals surface area contributed by atoms with Crippen molar-refractivity contribution in [1.29, 1.82) is 0 Å². The first-order chi connectivity index (χ1) is 7.79. The van der Waals surface area contributed by atoms with Crippen molar-refractivity contribution in [3.05, 3.63) is 16.0 Å². The Morgan fingerprint density at radius 2 is 2.25 bits per heavy atom. The Morgan fingerprint density at radius 3 is 2.81 bits per heavy atom. The van der Waals surface area contributed by atoms with Gasteiger partial charge in [-0.3, -0.25) is 4.68 Å². The summed E-state index contributed by atoms with van der Waals surface area (Å²) in [6.07, 6.45) is 6.46. The van der Waals surface area contributed by atoms with E-state index in [0.29, 0.717) is 6.04 Å². The summed E-state index contributed by atoms with van der Waals surface area (Å²) in [7, 11) is 1.76. The lowest BCUT2D eigenvalue weighted by Crippen LogP contribution is -2.36. The molecule has 0 bridgehead atoms. The number of likely N-dealkylation sites (tertiary alicyclic amines) is 1. The van der Waals surface area contributed by atoms with E-state index in [1.807, 2.05) is 6.20 Å². The summed E-state index contributed by atoms with van der Waals surface area (Å²) in [5, 5.41) is 4.39. The van der Waals surface area contributed by atoms with Gasteiger partial charge in [0.05, 0.1) is 22.4 Å². The lowest BCUT2D eigenvalue weighted by Gasteiger charge is -2.31. The van der Waals surface area contributed by atoms with E-state index in [1.54, 1.807) is 7.11 Å². The first-order valence-electron chi connectivity index (χ1n) is 5.70. The van der Waals surface area contributed by atoms with Crippen LogP contribution in [0.3, 0.4) is 0 Å². The minimum Gasteiger partial charge on any atom is -0.383 e. The van der Waals surface area contributed by atoms with Crippen molar-refractivity contribution in [2.24, 2.45) is 0 Å². The molecule has 2 heterocycles. The number of methoxy groups -OCH3 is 1. The fourth-order valence-electron chi connectivity index (χ4n) is 2.14. The van der Waals surface area contributed by atoms with Crippen LogP contribution in [0.25, 0.3) is 0 Å². The zero-order valence-corrected chi connectivity index (χ0v) is 11.8. The van der Waals surface area contributed by atoms with Gasteiger partial charge < -0.3 is 9.64 Å². The highest BCUT2D eigenvalue weighted by Gasteiger charge is 2.20. The van der Waals surface area contributed by atoms with Crippen LogP contribution < -0.4 is 0 Å². The van der Waals surface area contributed by atoms with Crippen LogP contribution >= 0.6 is 22.6 Å². The maximum Gasteiger partial charge on any atom is 0.0623 e. The molecule has 1 fully saturated rings. The second kappa shape index (κ2) is 5.97. The number of aromatic nitrogens is 2. The summed E-state index contributed by atoms with van der Waals surface area (Å²) >= 11 is 2.31. The van der Waals surface area contributed by atoms with Gasteiger partial charge in [-0.1, -0.05) is 0 Å². The summed E-state index contributed by atoms with van der Waals surface area (Å²) in [5.74, 6) is 0. The molecule has 0 spiro atoms. The Kier molecular flexibility index (Phi) is 4.60. The molecule has 4 nitrogen and oxygen atoms in total. The van der Waals surface area contributed by atoms with Crippen LogP contribution in [0.5, 0.6) is 0 Å². The number of ether oxygens (including phenoxy) is 1. The highest BCUT2D eigenvalue weighted by atomic mass is 127. The molecule has 0 atom stereocenters. The standard InChI is InChI=1S/C11H18IN3O/c1-16-7-6-14-4-2-11(3-5-14)15-9-10(12)8-13-15/h8-9,11H,2-7H2,1H3. The lowest BCUT2D eigenvalue weighted by molar-refractivity contribution is 0.119. The molecule has 90 valence electrons. The number of rotatable bonds is 4. The average molecular weight is 335 g/mol. The second-order valence-corrected chi connectivity index (χ2v) is 5.45. The number of halogens is 1. The molecule has 0 radical (unpaired) electrons. The molecule has 16 heavy (non-hydrogen) atoms. The third-order valence-corrected chi connectivity index (χ3v) is 3.67. The van der Waals surface area contributed by atoms with Gasteiger partial charge in [-0.25, -0.2) is 0 Å². The summed E-state index contributed by atoms with van der Waals surface area (Å²) < 4.78 is 8.44. The minimum atomic E-state index is 0.585. The van der Waals surface area contributed by atoms with Crippen LogP contribution in [0, 0.1) is 3.57 Å². The molecule has 1 saturated heterocycles. The van der Waals surface area contributed by atoms with Crippen LogP contribution in [-0.4, -0.2) is 48.0 Å². The van der Waals surface area contributed by atoms with E-state index in [-0.39, 0.29) is 0 Å². The van der Waals surface area contributed by atoms with Crippen molar-refractivity contribution in [2.75, 3.05) is 33.4 Å². The van der Waals surface area contributed by atoms with Gasteiger partial charge in [0.25, 0.3) is 0 Å². The van der Waals surface area contributed by atoms with Crippen molar-refractivity contribution in [1.82, 2.24) is 14.7 Å². The third kappa shape index (κ3) is 3.18.